The van der Waals surface area contributed by atoms with E-state index in [1.165, 1.54) is 12.3 Å². The lowest BCUT2D eigenvalue weighted by Gasteiger charge is -2.24. The number of carbonyl (C=O) groups is 2. The minimum atomic E-state index is -0.330. The molecule has 0 atom stereocenters. The predicted molar refractivity (Wildman–Crippen MR) is 165 cm³/mol. The van der Waals surface area contributed by atoms with Crippen LogP contribution in [-0.4, -0.2) is 48.1 Å². The summed E-state index contributed by atoms with van der Waals surface area (Å²) >= 11 is 12.0. The summed E-state index contributed by atoms with van der Waals surface area (Å²) in [6.45, 7) is 4.45. The summed E-state index contributed by atoms with van der Waals surface area (Å²) < 4.78 is 16.9. The number of nitrogens with zero attached hydrogens (tertiary/aromatic N) is 3. The molecule has 220 valence electrons. The monoisotopic (exact) mass is 618 g/mol. The summed E-state index contributed by atoms with van der Waals surface area (Å²) in [4.78, 5) is 34.0. The van der Waals surface area contributed by atoms with Gasteiger partial charge in [0, 0.05) is 37.0 Å². The Hall–Kier alpha value is -4.47. The molecule has 2 aliphatic heterocycles. The van der Waals surface area contributed by atoms with Crippen LogP contribution in [0, 0.1) is 6.92 Å². The zero-order chi connectivity index (χ0) is 29.9. The van der Waals surface area contributed by atoms with Crippen molar-refractivity contribution in [3.8, 4) is 23.1 Å². The fourth-order valence-electron chi connectivity index (χ4n) is 4.98. The Labute approximate surface area is 258 Å². The zero-order valence-electron chi connectivity index (χ0n) is 23.3. The molecule has 9 nitrogen and oxygen atoms in total. The standard InChI is InChI=1S/C32H28Cl2N4O5/c1-20-13-24(37-11-2-12-38(31(39)18-37)17-21-3-8-28-29(14-21)42-19-41-28)6-9-27(20)43-30-10-5-23(16-35-30)36-32(40)22-4-7-25(33)26(34)15-22/h3-10,13-16H,2,11-12,17-19H2,1H3,(H,36,40). The Morgan fingerprint density at radius 1 is 0.977 bits per heavy atom. The molecule has 0 saturated carbocycles. The molecule has 0 aliphatic carbocycles. The van der Waals surface area contributed by atoms with Crippen molar-refractivity contribution in [2.45, 2.75) is 19.9 Å². The lowest BCUT2D eigenvalue weighted by Crippen LogP contribution is -2.36. The molecule has 3 heterocycles. The molecule has 11 heteroatoms. The van der Waals surface area contributed by atoms with Crippen molar-refractivity contribution in [2.24, 2.45) is 0 Å². The number of hydrogen-bond acceptors (Lipinski definition) is 7. The van der Waals surface area contributed by atoms with E-state index in [0.717, 1.165) is 41.3 Å². The molecule has 1 saturated heterocycles. The van der Waals surface area contributed by atoms with Crippen molar-refractivity contribution in [1.29, 1.82) is 0 Å². The maximum Gasteiger partial charge on any atom is 0.255 e. The Morgan fingerprint density at radius 2 is 1.84 bits per heavy atom. The van der Waals surface area contributed by atoms with Gasteiger partial charge in [0.25, 0.3) is 5.91 Å². The van der Waals surface area contributed by atoms with E-state index in [9.17, 15) is 9.59 Å². The maximum absolute atomic E-state index is 13.2. The number of benzene rings is 3. The van der Waals surface area contributed by atoms with Gasteiger partial charge in [-0.05, 0) is 79.1 Å². The molecule has 3 aromatic carbocycles. The van der Waals surface area contributed by atoms with Crippen LogP contribution in [0.25, 0.3) is 0 Å². The predicted octanol–water partition coefficient (Wildman–Crippen LogP) is 6.71. The quantitative estimate of drug-likeness (QED) is 0.246. The number of fused-ring (bicyclic) bond motifs is 1. The molecule has 6 rings (SSSR count). The van der Waals surface area contributed by atoms with E-state index in [-0.39, 0.29) is 18.6 Å². The van der Waals surface area contributed by atoms with Crippen LogP contribution >= 0.6 is 23.2 Å². The van der Waals surface area contributed by atoms with Gasteiger partial charge < -0.3 is 29.3 Å². The van der Waals surface area contributed by atoms with Crippen molar-refractivity contribution in [1.82, 2.24) is 9.88 Å². The van der Waals surface area contributed by atoms with E-state index in [4.69, 9.17) is 37.4 Å². The highest BCUT2D eigenvalue weighted by atomic mass is 35.5. The first-order chi connectivity index (χ1) is 20.8. The molecule has 0 spiro atoms. The average Bonchev–Trinajstić information content (AvgIpc) is 3.39. The Bertz CT molecular complexity index is 1680. The van der Waals surface area contributed by atoms with Gasteiger partial charge in [0.2, 0.25) is 18.6 Å². The number of amides is 2. The number of aryl methyl sites for hydroxylation is 1. The first kappa shape index (κ1) is 28.6. The van der Waals surface area contributed by atoms with Crippen LogP contribution in [0.4, 0.5) is 11.4 Å². The summed E-state index contributed by atoms with van der Waals surface area (Å²) in [6, 6.07) is 19.7. The Kier molecular flexibility index (Phi) is 8.26. The Balaban J connectivity index is 1.06. The summed E-state index contributed by atoms with van der Waals surface area (Å²) in [5, 5.41) is 3.47. The van der Waals surface area contributed by atoms with Crippen LogP contribution in [0.2, 0.25) is 10.0 Å². The van der Waals surface area contributed by atoms with Crippen molar-refractivity contribution in [3.05, 3.63) is 99.7 Å². The number of ether oxygens (including phenoxy) is 3. The number of nitrogens with one attached hydrogen (secondary N) is 1. The zero-order valence-corrected chi connectivity index (χ0v) is 24.8. The van der Waals surface area contributed by atoms with Crippen molar-refractivity contribution in [3.63, 3.8) is 0 Å². The van der Waals surface area contributed by atoms with Crippen molar-refractivity contribution < 1.29 is 23.8 Å². The molecule has 0 bridgehead atoms. The fraction of sp³-hybridized carbons (Fsp3) is 0.219. The second-order valence-electron chi connectivity index (χ2n) is 10.3. The molecular weight excluding hydrogens is 591 g/mol. The normalized spacial score (nSPS) is 14.4. The molecule has 1 N–H and O–H groups in total. The van der Waals surface area contributed by atoms with Gasteiger partial charge in [-0.2, -0.15) is 0 Å². The molecule has 43 heavy (non-hydrogen) atoms. The molecule has 2 amide bonds. The van der Waals surface area contributed by atoms with Crippen LogP contribution in [0.15, 0.2) is 72.9 Å². The highest BCUT2D eigenvalue weighted by Gasteiger charge is 2.23. The molecule has 4 aromatic rings. The number of halogens is 2. The molecule has 1 fully saturated rings. The van der Waals surface area contributed by atoms with Crippen LogP contribution in [0.5, 0.6) is 23.1 Å². The average molecular weight is 620 g/mol. The summed E-state index contributed by atoms with van der Waals surface area (Å²) in [7, 11) is 0. The van der Waals surface area contributed by atoms with Crippen LogP contribution < -0.4 is 24.4 Å². The number of rotatable bonds is 7. The van der Waals surface area contributed by atoms with Gasteiger partial charge in [0.15, 0.2) is 11.5 Å². The molecule has 2 aliphatic rings. The highest BCUT2D eigenvalue weighted by molar-refractivity contribution is 6.42. The summed E-state index contributed by atoms with van der Waals surface area (Å²) in [5.41, 5.74) is 3.77. The largest absolute Gasteiger partial charge is 0.454 e. The Morgan fingerprint density at radius 3 is 2.63 bits per heavy atom. The van der Waals surface area contributed by atoms with E-state index in [0.29, 0.717) is 52.6 Å². The van der Waals surface area contributed by atoms with Gasteiger partial charge >= 0.3 is 0 Å². The van der Waals surface area contributed by atoms with Crippen molar-refractivity contribution >= 4 is 46.4 Å². The smallest absolute Gasteiger partial charge is 0.255 e. The number of hydrogen-bond donors (Lipinski definition) is 1. The minimum Gasteiger partial charge on any atom is -0.454 e. The number of pyridine rings is 1. The van der Waals surface area contributed by atoms with Gasteiger partial charge in [-0.25, -0.2) is 4.98 Å². The van der Waals surface area contributed by atoms with E-state index >= 15 is 0 Å². The van der Waals surface area contributed by atoms with Gasteiger partial charge in [0.1, 0.15) is 5.75 Å². The first-order valence-corrected chi connectivity index (χ1v) is 14.5. The second-order valence-corrected chi connectivity index (χ2v) is 11.1. The highest BCUT2D eigenvalue weighted by Crippen LogP contribution is 2.33. The number of anilines is 2. The lowest BCUT2D eigenvalue weighted by molar-refractivity contribution is -0.129. The third kappa shape index (κ3) is 6.63. The number of carbonyl (C=O) groups excluding carboxylic acids is 2. The summed E-state index contributed by atoms with van der Waals surface area (Å²) in [5.74, 6) is 2.23. The molecule has 1 aromatic heterocycles. The lowest BCUT2D eigenvalue weighted by atomic mass is 10.1. The molecule has 0 unspecified atom stereocenters. The van der Waals surface area contributed by atoms with Gasteiger partial charge in [-0.15, -0.1) is 0 Å². The van der Waals surface area contributed by atoms with E-state index in [1.807, 2.05) is 48.2 Å². The SMILES string of the molecule is Cc1cc(N2CCCN(Cc3ccc4c(c3)OCO4)C(=O)C2)ccc1Oc1ccc(NC(=O)c2ccc(Cl)c(Cl)c2)cn1. The topological polar surface area (TPSA) is 93.2 Å². The third-order valence-electron chi connectivity index (χ3n) is 7.26. The fourth-order valence-corrected chi connectivity index (χ4v) is 5.28. The summed E-state index contributed by atoms with van der Waals surface area (Å²) in [6.07, 6.45) is 2.37. The molecular formula is C32H28Cl2N4O5. The minimum absolute atomic E-state index is 0.0729. The van der Waals surface area contributed by atoms with Gasteiger partial charge in [-0.3, -0.25) is 9.59 Å². The van der Waals surface area contributed by atoms with Gasteiger partial charge in [0.05, 0.1) is 28.5 Å². The van der Waals surface area contributed by atoms with E-state index in [2.05, 4.69) is 15.2 Å². The van der Waals surface area contributed by atoms with E-state index in [1.54, 1.807) is 24.3 Å². The molecule has 0 radical (unpaired) electrons. The maximum atomic E-state index is 13.2. The van der Waals surface area contributed by atoms with Gasteiger partial charge in [-0.1, -0.05) is 29.3 Å². The van der Waals surface area contributed by atoms with E-state index < -0.39 is 0 Å². The van der Waals surface area contributed by atoms with Crippen molar-refractivity contribution in [2.75, 3.05) is 36.6 Å². The third-order valence-corrected chi connectivity index (χ3v) is 8.00. The first-order valence-electron chi connectivity index (χ1n) is 13.7. The van der Waals surface area contributed by atoms with Crippen LogP contribution in [0.3, 0.4) is 0 Å². The van der Waals surface area contributed by atoms with Crippen LogP contribution in [-0.2, 0) is 11.3 Å². The second kappa shape index (κ2) is 12.4. The van der Waals surface area contributed by atoms with Crippen LogP contribution in [0.1, 0.15) is 27.9 Å². The number of aromatic nitrogens is 1.